The lowest BCUT2D eigenvalue weighted by Gasteiger charge is -2.24. The van der Waals surface area contributed by atoms with Crippen LogP contribution in [0, 0.1) is 6.92 Å². The summed E-state index contributed by atoms with van der Waals surface area (Å²) in [5.74, 6) is 0.880. The molecule has 0 amide bonds. The number of ketones is 1. The zero-order chi connectivity index (χ0) is 9.42. The van der Waals surface area contributed by atoms with E-state index >= 15 is 0 Å². The van der Waals surface area contributed by atoms with Gasteiger partial charge in [0.2, 0.25) is 0 Å². The number of benzene rings is 1. The highest BCUT2D eigenvalue weighted by Gasteiger charge is 2.27. The van der Waals surface area contributed by atoms with Crippen molar-refractivity contribution in [1.82, 2.24) is 0 Å². The molecule has 0 saturated heterocycles. The molecule has 0 radical (unpaired) electrons. The molecular weight excluding hydrogens is 228 g/mol. The number of carbonyl (C=O) groups is 1. The van der Waals surface area contributed by atoms with Crippen molar-refractivity contribution in [3.8, 4) is 0 Å². The van der Waals surface area contributed by atoms with Crippen molar-refractivity contribution in [3.63, 3.8) is 0 Å². The highest BCUT2D eigenvalue weighted by Crippen LogP contribution is 2.34. The minimum atomic E-state index is 0.394. The Hall–Kier alpha value is -0.630. The molecule has 0 atom stereocenters. The lowest BCUT2D eigenvalue weighted by Crippen LogP contribution is -2.21. The second kappa shape index (κ2) is 3.26. The second-order valence-electron chi connectivity index (χ2n) is 3.65. The number of hydrogen-bond acceptors (Lipinski definition) is 1. The molecule has 1 aromatic carbocycles. The summed E-state index contributed by atoms with van der Waals surface area (Å²) in [6.07, 6.45) is 1.47. The molecule has 0 aliphatic heterocycles. The van der Waals surface area contributed by atoms with Gasteiger partial charge < -0.3 is 0 Å². The first-order valence-electron chi connectivity index (χ1n) is 4.44. The third-order valence-electron chi connectivity index (χ3n) is 2.60. The Balaban J connectivity index is 2.22. The lowest BCUT2D eigenvalue weighted by molar-refractivity contribution is -0.124. The Morgan fingerprint density at radius 3 is 2.62 bits per heavy atom. The summed E-state index contributed by atoms with van der Waals surface area (Å²) in [4.78, 5) is 10.8. The zero-order valence-electron chi connectivity index (χ0n) is 7.51. The third kappa shape index (κ3) is 1.68. The molecule has 0 aromatic heterocycles. The largest absolute Gasteiger partial charge is 0.300 e. The summed E-state index contributed by atoms with van der Waals surface area (Å²) in [5, 5.41) is 0. The summed E-state index contributed by atoms with van der Waals surface area (Å²) < 4.78 is 1.14. The molecule has 0 spiro atoms. The summed E-state index contributed by atoms with van der Waals surface area (Å²) >= 11 is 3.46. The van der Waals surface area contributed by atoms with Gasteiger partial charge in [0, 0.05) is 17.3 Å². The molecule has 1 aliphatic carbocycles. The average molecular weight is 239 g/mol. The van der Waals surface area contributed by atoms with Crippen LogP contribution in [-0.4, -0.2) is 5.78 Å². The molecular formula is C11H11BrO. The van der Waals surface area contributed by atoms with Gasteiger partial charge in [0.15, 0.2) is 0 Å². The number of rotatable bonds is 1. The van der Waals surface area contributed by atoms with E-state index in [2.05, 4.69) is 41.1 Å². The number of halogens is 1. The summed E-state index contributed by atoms with van der Waals surface area (Å²) in [6, 6.07) is 6.34. The van der Waals surface area contributed by atoms with E-state index in [1.54, 1.807) is 0 Å². The Labute approximate surface area is 86.3 Å². The maximum atomic E-state index is 10.8. The van der Waals surface area contributed by atoms with Gasteiger partial charge in [0.25, 0.3) is 0 Å². The molecule has 1 nitrogen and oxygen atoms in total. The SMILES string of the molecule is Cc1cc(C2CC(=O)C2)ccc1Br. The standard InChI is InChI=1S/C11H11BrO/c1-7-4-8(2-3-11(7)12)9-5-10(13)6-9/h2-4,9H,5-6H2,1H3. The van der Waals surface area contributed by atoms with Crippen molar-refractivity contribution in [2.75, 3.05) is 0 Å². The van der Waals surface area contributed by atoms with Crippen LogP contribution in [0.25, 0.3) is 0 Å². The van der Waals surface area contributed by atoms with Crippen LogP contribution in [0.15, 0.2) is 22.7 Å². The van der Waals surface area contributed by atoms with Crippen LogP contribution in [0.1, 0.15) is 29.9 Å². The van der Waals surface area contributed by atoms with Gasteiger partial charge in [0.05, 0.1) is 0 Å². The molecule has 68 valence electrons. The topological polar surface area (TPSA) is 17.1 Å². The van der Waals surface area contributed by atoms with Gasteiger partial charge in [-0.1, -0.05) is 28.1 Å². The van der Waals surface area contributed by atoms with E-state index in [9.17, 15) is 4.79 Å². The number of Topliss-reactive ketones (excluding diaryl/α,β-unsaturated/α-hetero) is 1. The van der Waals surface area contributed by atoms with E-state index in [0.29, 0.717) is 11.7 Å². The summed E-state index contributed by atoms with van der Waals surface area (Å²) in [6.45, 7) is 2.08. The van der Waals surface area contributed by atoms with Crippen LogP contribution < -0.4 is 0 Å². The maximum Gasteiger partial charge on any atom is 0.134 e. The molecule has 1 aromatic rings. The highest BCUT2D eigenvalue weighted by molar-refractivity contribution is 9.10. The van der Waals surface area contributed by atoms with Crippen molar-refractivity contribution in [2.24, 2.45) is 0 Å². The van der Waals surface area contributed by atoms with Crippen LogP contribution in [0.4, 0.5) is 0 Å². The average Bonchev–Trinajstić information content (AvgIpc) is 2.05. The van der Waals surface area contributed by atoms with E-state index in [4.69, 9.17) is 0 Å². The number of aryl methyl sites for hydroxylation is 1. The predicted molar refractivity (Wildman–Crippen MR) is 55.9 cm³/mol. The van der Waals surface area contributed by atoms with Crippen molar-refractivity contribution in [1.29, 1.82) is 0 Å². The zero-order valence-corrected chi connectivity index (χ0v) is 9.10. The molecule has 0 heterocycles. The predicted octanol–water partition coefficient (Wildman–Crippen LogP) is 3.20. The molecule has 0 unspecified atom stereocenters. The van der Waals surface area contributed by atoms with Crippen LogP contribution in [-0.2, 0) is 4.79 Å². The lowest BCUT2D eigenvalue weighted by atomic mass is 9.78. The van der Waals surface area contributed by atoms with E-state index < -0.39 is 0 Å². The molecule has 13 heavy (non-hydrogen) atoms. The molecule has 0 bridgehead atoms. The van der Waals surface area contributed by atoms with Gasteiger partial charge in [-0.25, -0.2) is 0 Å². The molecule has 1 aliphatic rings. The minimum Gasteiger partial charge on any atom is -0.300 e. The van der Waals surface area contributed by atoms with E-state index in [1.807, 2.05) is 0 Å². The number of carbonyl (C=O) groups excluding carboxylic acids is 1. The summed E-state index contributed by atoms with van der Waals surface area (Å²) in [7, 11) is 0. The Morgan fingerprint density at radius 2 is 2.08 bits per heavy atom. The fourth-order valence-corrected chi connectivity index (χ4v) is 1.89. The molecule has 1 saturated carbocycles. The molecule has 1 fully saturated rings. The molecule has 2 rings (SSSR count). The van der Waals surface area contributed by atoms with Gasteiger partial charge in [0.1, 0.15) is 5.78 Å². The fourth-order valence-electron chi connectivity index (χ4n) is 1.65. The Morgan fingerprint density at radius 1 is 1.38 bits per heavy atom. The van der Waals surface area contributed by atoms with Crippen LogP contribution in [0.2, 0.25) is 0 Å². The van der Waals surface area contributed by atoms with Crippen molar-refractivity contribution < 1.29 is 4.79 Å². The smallest absolute Gasteiger partial charge is 0.134 e. The van der Waals surface area contributed by atoms with Gasteiger partial charge in [-0.15, -0.1) is 0 Å². The molecule has 2 heteroatoms. The van der Waals surface area contributed by atoms with Crippen LogP contribution >= 0.6 is 15.9 Å². The number of hydrogen-bond donors (Lipinski definition) is 0. The first kappa shape index (κ1) is 8.95. The monoisotopic (exact) mass is 238 g/mol. The van der Waals surface area contributed by atoms with Crippen molar-refractivity contribution >= 4 is 21.7 Å². The van der Waals surface area contributed by atoms with Gasteiger partial charge in [-0.2, -0.15) is 0 Å². The normalized spacial score (nSPS) is 17.2. The Bertz CT molecular complexity index is 349. The Kier molecular flexibility index (Phi) is 2.24. The maximum absolute atomic E-state index is 10.8. The van der Waals surface area contributed by atoms with E-state index in [0.717, 1.165) is 17.3 Å². The van der Waals surface area contributed by atoms with E-state index in [1.165, 1.54) is 11.1 Å². The third-order valence-corrected chi connectivity index (χ3v) is 3.49. The fraction of sp³-hybridized carbons (Fsp3) is 0.364. The van der Waals surface area contributed by atoms with Gasteiger partial charge in [-0.05, 0) is 30.0 Å². The first-order valence-corrected chi connectivity index (χ1v) is 5.24. The first-order chi connectivity index (χ1) is 6.16. The molecule has 0 N–H and O–H groups in total. The minimum absolute atomic E-state index is 0.394. The van der Waals surface area contributed by atoms with Crippen molar-refractivity contribution in [2.45, 2.75) is 25.7 Å². The van der Waals surface area contributed by atoms with Crippen LogP contribution in [0.5, 0.6) is 0 Å². The second-order valence-corrected chi connectivity index (χ2v) is 4.51. The van der Waals surface area contributed by atoms with Crippen LogP contribution in [0.3, 0.4) is 0 Å². The van der Waals surface area contributed by atoms with Crippen molar-refractivity contribution in [3.05, 3.63) is 33.8 Å². The van der Waals surface area contributed by atoms with Gasteiger partial charge >= 0.3 is 0 Å². The quantitative estimate of drug-likeness (QED) is 0.735. The van der Waals surface area contributed by atoms with E-state index in [-0.39, 0.29) is 0 Å². The van der Waals surface area contributed by atoms with Gasteiger partial charge in [-0.3, -0.25) is 4.79 Å². The summed E-state index contributed by atoms with van der Waals surface area (Å²) in [5.41, 5.74) is 2.55. The highest BCUT2D eigenvalue weighted by atomic mass is 79.9.